The summed E-state index contributed by atoms with van der Waals surface area (Å²) >= 11 is 0. The maximum absolute atomic E-state index is 11.5. The molecule has 0 unspecified atom stereocenters. The van der Waals surface area contributed by atoms with E-state index in [4.69, 9.17) is 5.14 Å². The molecule has 3 aromatic rings. The quantitative estimate of drug-likeness (QED) is 0.678. The molecule has 0 spiro atoms. The predicted octanol–water partition coefficient (Wildman–Crippen LogP) is 3.20. The molecule has 0 fully saturated rings. The lowest BCUT2D eigenvalue weighted by molar-refractivity contribution is 0.598. The molecule has 1 heterocycles. The smallest absolute Gasteiger partial charge is 0.238 e. The zero-order chi connectivity index (χ0) is 19.4. The van der Waals surface area contributed by atoms with Gasteiger partial charge in [-0.2, -0.15) is 4.98 Å². The summed E-state index contributed by atoms with van der Waals surface area (Å²) < 4.78 is 23.0. The molecule has 0 amide bonds. The average Bonchev–Trinajstić information content (AvgIpc) is 2.67. The van der Waals surface area contributed by atoms with Crippen LogP contribution in [-0.4, -0.2) is 25.4 Å². The van der Waals surface area contributed by atoms with Gasteiger partial charge in [-0.1, -0.05) is 25.1 Å². The van der Waals surface area contributed by atoms with E-state index in [-0.39, 0.29) is 4.90 Å². The second-order valence-electron chi connectivity index (χ2n) is 6.02. The molecule has 0 aliphatic heterocycles. The van der Waals surface area contributed by atoms with Crippen molar-refractivity contribution < 1.29 is 8.42 Å². The number of nitrogens with two attached hydrogens (primary N) is 1. The Kier molecular flexibility index (Phi) is 5.38. The lowest BCUT2D eigenvalue weighted by Gasteiger charge is -2.19. The van der Waals surface area contributed by atoms with Gasteiger partial charge in [-0.05, 0) is 48.4 Å². The van der Waals surface area contributed by atoms with E-state index in [1.165, 1.54) is 17.7 Å². The number of nitrogens with zero attached hydrogens (tertiary/aromatic N) is 3. The molecule has 2 aromatic carbocycles. The molecule has 140 valence electrons. The molecule has 0 aliphatic carbocycles. The van der Waals surface area contributed by atoms with Crippen LogP contribution in [0.25, 0.3) is 0 Å². The van der Waals surface area contributed by atoms with Crippen LogP contribution in [0.1, 0.15) is 12.5 Å². The number of aryl methyl sites for hydroxylation is 1. The Hall–Kier alpha value is -2.97. The molecule has 7 nitrogen and oxygen atoms in total. The molecule has 0 saturated carbocycles. The van der Waals surface area contributed by atoms with E-state index < -0.39 is 10.0 Å². The van der Waals surface area contributed by atoms with E-state index in [1.54, 1.807) is 24.4 Å². The molecule has 0 atom stereocenters. The van der Waals surface area contributed by atoms with Crippen molar-refractivity contribution >= 4 is 33.2 Å². The van der Waals surface area contributed by atoms with Crippen LogP contribution >= 0.6 is 0 Å². The van der Waals surface area contributed by atoms with Gasteiger partial charge >= 0.3 is 0 Å². The third kappa shape index (κ3) is 4.60. The van der Waals surface area contributed by atoms with Crippen molar-refractivity contribution in [3.05, 3.63) is 66.4 Å². The third-order valence-corrected chi connectivity index (χ3v) is 5.05. The van der Waals surface area contributed by atoms with Crippen LogP contribution in [0.5, 0.6) is 0 Å². The van der Waals surface area contributed by atoms with E-state index in [0.717, 1.165) is 12.1 Å². The lowest BCUT2D eigenvalue weighted by Crippen LogP contribution is -2.13. The largest absolute Gasteiger partial charge is 0.329 e. The summed E-state index contributed by atoms with van der Waals surface area (Å²) in [5.41, 5.74) is 2.81. The fourth-order valence-electron chi connectivity index (χ4n) is 2.56. The van der Waals surface area contributed by atoms with E-state index in [0.29, 0.717) is 17.5 Å². The van der Waals surface area contributed by atoms with Crippen LogP contribution < -0.4 is 15.4 Å². The summed E-state index contributed by atoms with van der Waals surface area (Å²) in [4.78, 5) is 10.7. The molecule has 27 heavy (non-hydrogen) atoms. The van der Waals surface area contributed by atoms with Gasteiger partial charge in [0.2, 0.25) is 16.0 Å². The second-order valence-corrected chi connectivity index (χ2v) is 7.58. The molecular formula is C19H21N5O2S. The molecule has 3 rings (SSSR count). The number of benzene rings is 2. The SMILES string of the molecule is CCc1ccc(N(C)c2ccnc(Nc3cccc(S(N)(=O)=O)c3)n2)cc1. The summed E-state index contributed by atoms with van der Waals surface area (Å²) in [6, 6.07) is 16.3. The first-order chi connectivity index (χ1) is 12.9. The molecule has 0 bridgehead atoms. The molecule has 1 aromatic heterocycles. The predicted molar refractivity (Wildman–Crippen MR) is 107 cm³/mol. The Morgan fingerprint density at radius 1 is 1.11 bits per heavy atom. The van der Waals surface area contributed by atoms with Crippen molar-refractivity contribution in [2.75, 3.05) is 17.3 Å². The van der Waals surface area contributed by atoms with Gasteiger partial charge in [0.15, 0.2) is 0 Å². The van der Waals surface area contributed by atoms with Crippen molar-refractivity contribution in [3.8, 4) is 0 Å². The summed E-state index contributed by atoms with van der Waals surface area (Å²) in [5, 5.41) is 8.19. The van der Waals surface area contributed by atoms with Crippen molar-refractivity contribution in [3.63, 3.8) is 0 Å². The molecule has 0 saturated heterocycles. The number of primary sulfonamides is 1. The second kappa shape index (κ2) is 7.73. The number of hydrogen-bond acceptors (Lipinski definition) is 6. The zero-order valence-corrected chi connectivity index (χ0v) is 15.9. The zero-order valence-electron chi connectivity index (χ0n) is 15.1. The first kappa shape index (κ1) is 18.8. The van der Waals surface area contributed by atoms with Crippen molar-refractivity contribution in [1.29, 1.82) is 0 Å². The minimum Gasteiger partial charge on any atom is -0.329 e. The minimum absolute atomic E-state index is 0.0248. The first-order valence-electron chi connectivity index (χ1n) is 8.42. The Morgan fingerprint density at radius 2 is 1.85 bits per heavy atom. The van der Waals surface area contributed by atoms with Crippen molar-refractivity contribution in [2.24, 2.45) is 5.14 Å². The number of sulfonamides is 1. The Labute approximate surface area is 158 Å². The topological polar surface area (TPSA) is 101 Å². The van der Waals surface area contributed by atoms with Crippen molar-refractivity contribution in [1.82, 2.24) is 9.97 Å². The summed E-state index contributed by atoms with van der Waals surface area (Å²) in [5.74, 6) is 1.07. The lowest BCUT2D eigenvalue weighted by atomic mass is 10.1. The molecule has 8 heteroatoms. The van der Waals surface area contributed by atoms with Gasteiger partial charge < -0.3 is 10.2 Å². The van der Waals surface area contributed by atoms with Crippen LogP contribution in [0.15, 0.2) is 65.7 Å². The monoisotopic (exact) mass is 383 g/mol. The van der Waals surface area contributed by atoms with E-state index >= 15 is 0 Å². The highest BCUT2D eigenvalue weighted by Crippen LogP contribution is 2.24. The van der Waals surface area contributed by atoms with Gasteiger partial charge in [0.25, 0.3) is 0 Å². The molecule has 3 N–H and O–H groups in total. The van der Waals surface area contributed by atoms with Gasteiger partial charge in [0.05, 0.1) is 4.90 Å². The number of nitrogens with one attached hydrogen (secondary N) is 1. The number of anilines is 4. The van der Waals surface area contributed by atoms with E-state index in [1.807, 2.05) is 24.1 Å². The van der Waals surface area contributed by atoms with Gasteiger partial charge in [-0.3, -0.25) is 0 Å². The summed E-state index contributed by atoms with van der Waals surface area (Å²) in [6.45, 7) is 2.12. The van der Waals surface area contributed by atoms with E-state index in [2.05, 4.69) is 34.3 Å². The van der Waals surface area contributed by atoms with Gasteiger partial charge in [-0.15, -0.1) is 0 Å². The Bertz CT molecular complexity index is 1040. The molecule has 0 radical (unpaired) electrons. The van der Waals surface area contributed by atoms with Gasteiger partial charge in [0, 0.05) is 24.6 Å². The highest BCUT2D eigenvalue weighted by atomic mass is 32.2. The van der Waals surface area contributed by atoms with Crippen LogP contribution in [0.2, 0.25) is 0 Å². The Morgan fingerprint density at radius 3 is 2.52 bits per heavy atom. The van der Waals surface area contributed by atoms with Crippen LogP contribution in [0.3, 0.4) is 0 Å². The molecule has 0 aliphatic rings. The first-order valence-corrected chi connectivity index (χ1v) is 9.97. The fraction of sp³-hybridized carbons (Fsp3) is 0.158. The van der Waals surface area contributed by atoms with Gasteiger partial charge in [-0.25, -0.2) is 18.5 Å². The van der Waals surface area contributed by atoms with Crippen LogP contribution in [0.4, 0.5) is 23.1 Å². The Balaban J connectivity index is 1.83. The normalized spacial score (nSPS) is 11.2. The number of aromatic nitrogens is 2. The third-order valence-electron chi connectivity index (χ3n) is 4.14. The standard InChI is InChI=1S/C19H21N5O2S/c1-3-14-7-9-16(10-8-14)24(2)18-11-12-21-19(23-18)22-15-5-4-6-17(13-15)27(20,25)26/h4-13H,3H2,1-2H3,(H2,20,25,26)(H,21,22,23). The van der Waals surface area contributed by atoms with E-state index in [9.17, 15) is 8.42 Å². The fourth-order valence-corrected chi connectivity index (χ4v) is 3.12. The van der Waals surface area contributed by atoms with Crippen molar-refractivity contribution in [2.45, 2.75) is 18.2 Å². The highest BCUT2D eigenvalue weighted by molar-refractivity contribution is 7.89. The summed E-state index contributed by atoms with van der Waals surface area (Å²) in [7, 11) is -1.84. The van der Waals surface area contributed by atoms with Crippen LogP contribution in [0, 0.1) is 0 Å². The minimum atomic E-state index is -3.77. The number of hydrogen-bond donors (Lipinski definition) is 2. The average molecular weight is 383 g/mol. The summed E-state index contributed by atoms with van der Waals surface area (Å²) in [6.07, 6.45) is 2.63. The maximum Gasteiger partial charge on any atom is 0.238 e. The van der Waals surface area contributed by atoms with Crippen LogP contribution in [-0.2, 0) is 16.4 Å². The highest BCUT2D eigenvalue weighted by Gasteiger charge is 2.10. The van der Waals surface area contributed by atoms with Gasteiger partial charge in [0.1, 0.15) is 5.82 Å². The number of rotatable bonds is 6. The molecular weight excluding hydrogens is 362 g/mol. The maximum atomic E-state index is 11.5.